The highest BCUT2D eigenvalue weighted by Gasteiger charge is 2.45. The average Bonchev–Trinajstić information content (AvgIpc) is 2.92. The third-order valence-electron chi connectivity index (χ3n) is 4.27. The maximum absolute atomic E-state index is 10.3. The van der Waals surface area contributed by atoms with E-state index in [4.69, 9.17) is 4.43 Å². The summed E-state index contributed by atoms with van der Waals surface area (Å²) in [5.74, 6) is 0.740. The molecule has 1 fully saturated rings. The molecule has 0 aromatic heterocycles. The molecule has 1 rings (SSSR count). The van der Waals surface area contributed by atoms with Crippen molar-refractivity contribution in [3.8, 4) is 0 Å². The van der Waals surface area contributed by atoms with Gasteiger partial charge < -0.3 is 14.3 Å². The van der Waals surface area contributed by atoms with Crippen molar-refractivity contribution in [2.45, 2.75) is 57.8 Å². The molecular weight excluding hydrogens is 232 g/mol. The molecule has 0 heterocycles. The summed E-state index contributed by atoms with van der Waals surface area (Å²) in [4.78, 5) is 10.3. The lowest BCUT2D eigenvalue weighted by Crippen LogP contribution is -2.41. The van der Waals surface area contributed by atoms with Crippen LogP contribution in [0.3, 0.4) is 0 Å². The van der Waals surface area contributed by atoms with Crippen LogP contribution in [-0.4, -0.2) is 32.4 Å². The summed E-state index contributed by atoms with van der Waals surface area (Å²) in [6, 6.07) is 0. The maximum Gasteiger partial charge on any atom is 0.191 e. The number of aliphatic hydroxyl groups excluding tert-OH is 1. The third kappa shape index (κ3) is 3.90. The van der Waals surface area contributed by atoms with Crippen molar-refractivity contribution >= 4 is 14.6 Å². The molecule has 3 atom stereocenters. The molecule has 1 aliphatic rings. The van der Waals surface area contributed by atoms with E-state index in [1.54, 1.807) is 0 Å². The highest BCUT2D eigenvalue weighted by atomic mass is 28.4. The Morgan fingerprint density at radius 1 is 1.47 bits per heavy atom. The molecule has 0 saturated heterocycles. The smallest absolute Gasteiger partial charge is 0.191 e. The van der Waals surface area contributed by atoms with Crippen LogP contribution in [0.15, 0.2) is 0 Å². The van der Waals surface area contributed by atoms with Crippen LogP contribution in [-0.2, 0) is 9.22 Å². The number of aldehydes is 1. The topological polar surface area (TPSA) is 46.5 Å². The van der Waals surface area contributed by atoms with Crippen molar-refractivity contribution < 1.29 is 14.3 Å². The molecule has 3 nitrogen and oxygen atoms in total. The van der Waals surface area contributed by atoms with E-state index >= 15 is 0 Å². The monoisotopic (exact) mass is 258 g/mol. The van der Waals surface area contributed by atoms with E-state index in [2.05, 4.69) is 33.9 Å². The van der Waals surface area contributed by atoms with E-state index in [1.807, 2.05) is 0 Å². The van der Waals surface area contributed by atoms with Gasteiger partial charge in [-0.2, -0.15) is 0 Å². The second-order valence-electron chi connectivity index (χ2n) is 6.70. The van der Waals surface area contributed by atoms with Crippen LogP contribution < -0.4 is 0 Å². The van der Waals surface area contributed by atoms with Crippen LogP contribution in [0.5, 0.6) is 0 Å². The van der Waals surface area contributed by atoms with Crippen LogP contribution >= 0.6 is 0 Å². The number of hydrogen-bond acceptors (Lipinski definition) is 3. The van der Waals surface area contributed by atoms with Gasteiger partial charge in [0, 0.05) is 13.0 Å². The van der Waals surface area contributed by atoms with Gasteiger partial charge in [0.1, 0.15) is 6.29 Å². The molecule has 0 radical (unpaired) electrons. The first-order valence-corrected chi connectivity index (χ1v) is 9.35. The fraction of sp³-hybridized carbons (Fsp3) is 0.923. The van der Waals surface area contributed by atoms with E-state index in [0.717, 1.165) is 19.3 Å². The lowest BCUT2D eigenvalue weighted by molar-refractivity contribution is -0.109. The number of hydrogen-bond donors (Lipinski definition) is 1. The van der Waals surface area contributed by atoms with Gasteiger partial charge in [-0.15, -0.1) is 0 Å². The van der Waals surface area contributed by atoms with Crippen LogP contribution in [0.2, 0.25) is 18.1 Å². The summed E-state index contributed by atoms with van der Waals surface area (Å²) in [6.07, 6.45) is 1.61. The molecule has 0 spiro atoms. The minimum absolute atomic E-state index is 0.235. The van der Waals surface area contributed by atoms with Gasteiger partial charge in [-0.3, -0.25) is 0 Å². The lowest BCUT2D eigenvalue weighted by atomic mass is 10.1. The van der Waals surface area contributed by atoms with Crippen molar-refractivity contribution in [3.63, 3.8) is 0 Å². The van der Waals surface area contributed by atoms with Crippen molar-refractivity contribution in [2.75, 3.05) is 6.61 Å². The number of aliphatic hydroxyl groups is 1. The molecule has 0 unspecified atom stereocenters. The van der Waals surface area contributed by atoms with Gasteiger partial charge in [0.2, 0.25) is 0 Å². The highest BCUT2D eigenvalue weighted by Crippen LogP contribution is 2.44. The first kappa shape index (κ1) is 14.9. The fourth-order valence-corrected chi connectivity index (χ4v) is 2.80. The molecule has 4 heteroatoms. The summed E-state index contributed by atoms with van der Waals surface area (Å²) in [5, 5.41) is 9.91. The van der Waals surface area contributed by atoms with Gasteiger partial charge in [0.25, 0.3) is 0 Å². The number of carbonyl (C=O) groups is 1. The van der Waals surface area contributed by atoms with Gasteiger partial charge >= 0.3 is 0 Å². The molecule has 1 N–H and O–H groups in total. The Kier molecular flexibility index (Phi) is 4.55. The number of carbonyl (C=O) groups excluding carboxylic acids is 1. The zero-order valence-corrected chi connectivity index (χ0v) is 12.7. The summed E-state index contributed by atoms with van der Waals surface area (Å²) >= 11 is 0. The van der Waals surface area contributed by atoms with E-state index in [-0.39, 0.29) is 17.4 Å². The van der Waals surface area contributed by atoms with Gasteiger partial charge in [0.15, 0.2) is 8.32 Å². The van der Waals surface area contributed by atoms with Gasteiger partial charge in [0.05, 0.1) is 6.10 Å². The molecule has 1 saturated carbocycles. The summed E-state index contributed by atoms with van der Waals surface area (Å²) < 4.78 is 6.12. The predicted octanol–water partition coefficient (Wildman–Crippen LogP) is 2.59. The van der Waals surface area contributed by atoms with Crippen molar-refractivity contribution in [1.82, 2.24) is 0 Å². The fourth-order valence-electron chi connectivity index (χ4n) is 1.74. The zero-order valence-electron chi connectivity index (χ0n) is 11.7. The SMILES string of the molecule is CC(C)(C)[Si](C)(C)OC[C@@H]1C[C@H]1[C@@H](O)CC=O. The molecule has 0 aliphatic heterocycles. The normalized spacial score (nSPS) is 26.7. The Morgan fingerprint density at radius 3 is 2.53 bits per heavy atom. The van der Waals surface area contributed by atoms with Gasteiger partial charge in [-0.25, -0.2) is 0 Å². The Labute approximate surface area is 106 Å². The Morgan fingerprint density at radius 2 is 2.06 bits per heavy atom. The zero-order chi connectivity index (χ0) is 13.3. The van der Waals surface area contributed by atoms with Crippen LogP contribution in [0, 0.1) is 11.8 Å². The third-order valence-corrected chi connectivity index (χ3v) is 8.77. The standard InChI is InChI=1S/C13H26O3Si/c1-13(2,3)17(4,5)16-9-10-8-11(10)12(15)6-7-14/h7,10-12,15H,6,8-9H2,1-5H3/t10-,11+,12-/m0/s1. The molecule has 0 bridgehead atoms. The Bertz CT molecular complexity index is 270. The number of rotatable bonds is 6. The van der Waals surface area contributed by atoms with E-state index in [0.29, 0.717) is 5.92 Å². The van der Waals surface area contributed by atoms with E-state index in [1.165, 1.54) is 0 Å². The van der Waals surface area contributed by atoms with Crippen molar-refractivity contribution in [3.05, 3.63) is 0 Å². The molecular formula is C13H26O3Si. The Balaban J connectivity index is 2.33. The molecule has 0 aromatic carbocycles. The Hall–Kier alpha value is -0.193. The molecule has 1 aliphatic carbocycles. The lowest BCUT2D eigenvalue weighted by Gasteiger charge is -2.36. The van der Waals surface area contributed by atoms with Gasteiger partial charge in [-0.1, -0.05) is 20.8 Å². The predicted molar refractivity (Wildman–Crippen MR) is 71.4 cm³/mol. The van der Waals surface area contributed by atoms with E-state index < -0.39 is 14.4 Å². The summed E-state index contributed by atoms with van der Waals surface area (Å²) in [5.41, 5.74) is 0. The minimum atomic E-state index is -1.66. The first-order valence-electron chi connectivity index (χ1n) is 6.44. The largest absolute Gasteiger partial charge is 0.417 e. The quantitative estimate of drug-likeness (QED) is 0.588. The van der Waals surface area contributed by atoms with Crippen molar-refractivity contribution in [1.29, 1.82) is 0 Å². The average molecular weight is 258 g/mol. The van der Waals surface area contributed by atoms with Crippen LogP contribution in [0.1, 0.15) is 33.6 Å². The second-order valence-corrected chi connectivity index (χ2v) is 11.5. The first-order chi connectivity index (χ1) is 7.69. The van der Waals surface area contributed by atoms with E-state index in [9.17, 15) is 9.90 Å². The molecule has 100 valence electrons. The molecule has 0 amide bonds. The minimum Gasteiger partial charge on any atom is -0.417 e. The summed E-state index contributed by atoms with van der Waals surface area (Å²) in [6.45, 7) is 11.9. The van der Waals surface area contributed by atoms with Gasteiger partial charge in [-0.05, 0) is 36.4 Å². The maximum atomic E-state index is 10.3. The summed E-state index contributed by atoms with van der Waals surface area (Å²) in [7, 11) is -1.66. The highest BCUT2D eigenvalue weighted by molar-refractivity contribution is 6.74. The van der Waals surface area contributed by atoms with Crippen molar-refractivity contribution in [2.24, 2.45) is 11.8 Å². The van der Waals surface area contributed by atoms with Crippen LogP contribution in [0.25, 0.3) is 0 Å². The second kappa shape index (κ2) is 5.20. The molecule has 0 aromatic rings. The van der Waals surface area contributed by atoms with Crippen LogP contribution in [0.4, 0.5) is 0 Å². The molecule has 17 heavy (non-hydrogen) atoms.